The number of hydrogen-bond donors (Lipinski definition) is 0. The minimum absolute atomic E-state index is 0.0215. The molecule has 146 valence electrons. The number of fused-ring (bicyclic) bond motifs is 1. The fraction of sp³-hybridized carbons (Fsp3) is 0.684. The molecular formula is C19H29N7O. The maximum absolute atomic E-state index is 11.9. The summed E-state index contributed by atoms with van der Waals surface area (Å²) in [4.78, 5) is 16.8. The quantitative estimate of drug-likeness (QED) is 0.770. The molecule has 2 aromatic heterocycles. The highest BCUT2D eigenvalue weighted by molar-refractivity contribution is 4.99. The molecule has 1 saturated heterocycles. The molecule has 0 unspecified atom stereocenters. The zero-order valence-corrected chi connectivity index (χ0v) is 16.2. The number of piperazine rings is 1. The maximum atomic E-state index is 11.9. The van der Waals surface area contributed by atoms with Gasteiger partial charge in [0.1, 0.15) is 11.6 Å². The Balaban J connectivity index is 1.27. The lowest BCUT2D eigenvalue weighted by atomic mass is 10.2. The third kappa shape index (κ3) is 4.44. The highest BCUT2D eigenvalue weighted by Crippen LogP contribution is 2.16. The molecule has 4 rings (SSSR count). The predicted octanol–water partition coefficient (Wildman–Crippen LogP) is 0.687. The van der Waals surface area contributed by atoms with E-state index in [9.17, 15) is 4.79 Å². The van der Waals surface area contributed by atoms with E-state index in [2.05, 4.69) is 29.7 Å². The van der Waals surface area contributed by atoms with Crippen LogP contribution in [0, 0.1) is 6.92 Å². The van der Waals surface area contributed by atoms with E-state index in [-0.39, 0.29) is 5.56 Å². The van der Waals surface area contributed by atoms with E-state index < -0.39 is 0 Å². The minimum Gasteiger partial charge on any atom is -0.314 e. The third-order valence-corrected chi connectivity index (χ3v) is 5.64. The zero-order valence-electron chi connectivity index (χ0n) is 16.2. The van der Waals surface area contributed by atoms with Crippen molar-refractivity contribution in [3.05, 3.63) is 39.8 Å². The number of aryl methyl sites for hydroxylation is 2. The number of hydrogen-bond acceptors (Lipinski definition) is 6. The summed E-state index contributed by atoms with van der Waals surface area (Å²) in [6.07, 6.45) is 4.82. The number of rotatable bonds is 5. The van der Waals surface area contributed by atoms with Gasteiger partial charge in [-0.25, -0.2) is 4.68 Å². The fourth-order valence-corrected chi connectivity index (χ4v) is 3.98. The monoisotopic (exact) mass is 371 g/mol. The van der Waals surface area contributed by atoms with Gasteiger partial charge in [-0.05, 0) is 25.8 Å². The summed E-state index contributed by atoms with van der Waals surface area (Å²) in [7, 11) is 0. The molecular weight excluding hydrogens is 342 g/mol. The van der Waals surface area contributed by atoms with E-state index in [0.29, 0.717) is 6.54 Å². The molecule has 0 saturated carbocycles. The lowest BCUT2D eigenvalue weighted by molar-refractivity contribution is 0.119. The molecule has 0 aliphatic carbocycles. The molecule has 0 amide bonds. The van der Waals surface area contributed by atoms with Gasteiger partial charge in [0.15, 0.2) is 0 Å². The van der Waals surface area contributed by atoms with Crippen molar-refractivity contribution in [2.75, 3.05) is 32.7 Å². The molecule has 1 fully saturated rings. The van der Waals surface area contributed by atoms with Crippen molar-refractivity contribution in [1.82, 2.24) is 34.3 Å². The van der Waals surface area contributed by atoms with Gasteiger partial charge in [-0.2, -0.15) is 5.10 Å². The van der Waals surface area contributed by atoms with Crippen LogP contribution in [0.1, 0.15) is 36.6 Å². The highest BCUT2D eigenvalue weighted by Gasteiger charge is 2.21. The molecule has 2 aliphatic heterocycles. The van der Waals surface area contributed by atoms with Crippen LogP contribution in [0.3, 0.4) is 0 Å². The Morgan fingerprint density at radius 1 is 0.926 bits per heavy atom. The van der Waals surface area contributed by atoms with Gasteiger partial charge in [-0.3, -0.25) is 14.6 Å². The summed E-state index contributed by atoms with van der Waals surface area (Å²) in [5, 5.41) is 13.2. The van der Waals surface area contributed by atoms with Crippen LogP contribution in [-0.2, 0) is 26.1 Å². The van der Waals surface area contributed by atoms with Crippen LogP contribution in [0.2, 0.25) is 0 Å². The van der Waals surface area contributed by atoms with Gasteiger partial charge in [0.2, 0.25) is 0 Å². The van der Waals surface area contributed by atoms with Crippen molar-refractivity contribution < 1.29 is 0 Å². The Labute approximate surface area is 159 Å². The molecule has 0 spiro atoms. The van der Waals surface area contributed by atoms with Crippen LogP contribution in [-0.4, -0.2) is 67.1 Å². The zero-order chi connectivity index (χ0) is 18.6. The van der Waals surface area contributed by atoms with Gasteiger partial charge >= 0.3 is 0 Å². The normalized spacial score (nSPS) is 19.0. The SMILES string of the molecule is Cc1ccc(=O)n(CCN2CCN(Cc3nnc4n3CCCCC4)CC2)n1. The molecule has 8 nitrogen and oxygen atoms in total. The molecule has 2 aliphatic rings. The van der Waals surface area contributed by atoms with E-state index in [1.807, 2.05) is 6.92 Å². The van der Waals surface area contributed by atoms with Crippen LogP contribution < -0.4 is 5.56 Å². The molecule has 0 aromatic carbocycles. The molecule has 2 aromatic rings. The summed E-state index contributed by atoms with van der Waals surface area (Å²) in [5.41, 5.74) is 0.860. The summed E-state index contributed by atoms with van der Waals surface area (Å²) in [6.45, 7) is 9.47. The topological polar surface area (TPSA) is 72.1 Å². The second-order valence-electron chi connectivity index (χ2n) is 7.65. The first kappa shape index (κ1) is 18.3. The molecule has 27 heavy (non-hydrogen) atoms. The average molecular weight is 371 g/mol. The second kappa shape index (κ2) is 8.31. The van der Waals surface area contributed by atoms with Crippen LogP contribution in [0.4, 0.5) is 0 Å². The van der Waals surface area contributed by atoms with E-state index in [1.54, 1.807) is 16.8 Å². The second-order valence-corrected chi connectivity index (χ2v) is 7.65. The van der Waals surface area contributed by atoms with Crippen molar-refractivity contribution >= 4 is 0 Å². The van der Waals surface area contributed by atoms with Gasteiger partial charge in [-0.15, -0.1) is 10.2 Å². The van der Waals surface area contributed by atoms with Crippen LogP contribution >= 0.6 is 0 Å². The van der Waals surface area contributed by atoms with Gasteiger partial charge < -0.3 is 4.57 Å². The Bertz CT molecular complexity index is 820. The molecule has 0 radical (unpaired) electrons. The first-order valence-electron chi connectivity index (χ1n) is 10.1. The maximum Gasteiger partial charge on any atom is 0.266 e. The Kier molecular flexibility index (Phi) is 5.63. The highest BCUT2D eigenvalue weighted by atomic mass is 16.1. The van der Waals surface area contributed by atoms with E-state index >= 15 is 0 Å². The Morgan fingerprint density at radius 3 is 2.59 bits per heavy atom. The van der Waals surface area contributed by atoms with Crippen LogP contribution in [0.15, 0.2) is 16.9 Å². The predicted molar refractivity (Wildman–Crippen MR) is 103 cm³/mol. The van der Waals surface area contributed by atoms with Gasteiger partial charge in [0, 0.05) is 51.8 Å². The third-order valence-electron chi connectivity index (χ3n) is 5.64. The van der Waals surface area contributed by atoms with E-state index in [1.165, 1.54) is 19.3 Å². The van der Waals surface area contributed by atoms with Crippen molar-refractivity contribution in [2.24, 2.45) is 0 Å². The standard InChI is InChI=1S/C19H29N7O/c1-16-6-7-19(27)26(22-16)14-13-23-9-11-24(12-10-23)15-18-21-20-17-5-3-2-4-8-25(17)18/h6-7H,2-5,8-15H2,1H3. The summed E-state index contributed by atoms with van der Waals surface area (Å²) >= 11 is 0. The molecule has 4 heterocycles. The summed E-state index contributed by atoms with van der Waals surface area (Å²) in [6, 6.07) is 3.37. The first-order chi connectivity index (χ1) is 13.2. The molecule has 0 atom stereocenters. The largest absolute Gasteiger partial charge is 0.314 e. The summed E-state index contributed by atoms with van der Waals surface area (Å²) < 4.78 is 3.92. The van der Waals surface area contributed by atoms with Crippen molar-refractivity contribution in [3.8, 4) is 0 Å². The molecule has 0 bridgehead atoms. The first-order valence-corrected chi connectivity index (χ1v) is 10.1. The lowest BCUT2D eigenvalue weighted by Crippen LogP contribution is -2.47. The minimum atomic E-state index is -0.0215. The number of nitrogens with zero attached hydrogens (tertiary/aromatic N) is 7. The van der Waals surface area contributed by atoms with Crippen LogP contribution in [0.5, 0.6) is 0 Å². The van der Waals surface area contributed by atoms with Crippen molar-refractivity contribution in [2.45, 2.75) is 52.2 Å². The van der Waals surface area contributed by atoms with E-state index in [0.717, 1.165) is 69.6 Å². The van der Waals surface area contributed by atoms with Crippen LogP contribution in [0.25, 0.3) is 0 Å². The van der Waals surface area contributed by atoms with Gasteiger partial charge in [-0.1, -0.05) is 6.42 Å². The van der Waals surface area contributed by atoms with Gasteiger partial charge in [0.25, 0.3) is 5.56 Å². The Hall–Kier alpha value is -2.06. The summed E-state index contributed by atoms with van der Waals surface area (Å²) in [5.74, 6) is 2.29. The lowest BCUT2D eigenvalue weighted by Gasteiger charge is -2.34. The van der Waals surface area contributed by atoms with E-state index in [4.69, 9.17) is 0 Å². The number of aromatic nitrogens is 5. The fourth-order valence-electron chi connectivity index (χ4n) is 3.98. The Morgan fingerprint density at radius 2 is 1.74 bits per heavy atom. The molecule has 0 N–H and O–H groups in total. The molecule has 8 heteroatoms. The van der Waals surface area contributed by atoms with Gasteiger partial charge in [0.05, 0.1) is 18.8 Å². The average Bonchev–Trinajstić information content (AvgIpc) is 2.89. The van der Waals surface area contributed by atoms with Crippen molar-refractivity contribution in [3.63, 3.8) is 0 Å². The smallest absolute Gasteiger partial charge is 0.266 e. The van der Waals surface area contributed by atoms with Crippen molar-refractivity contribution in [1.29, 1.82) is 0 Å².